The third-order valence-corrected chi connectivity index (χ3v) is 2.65. The van der Waals surface area contributed by atoms with Crippen molar-refractivity contribution < 1.29 is 9.53 Å². The van der Waals surface area contributed by atoms with Gasteiger partial charge in [-0.2, -0.15) is 0 Å². The van der Waals surface area contributed by atoms with Crippen LogP contribution in [-0.4, -0.2) is 19.6 Å². The Balaban J connectivity index is 2.63. The van der Waals surface area contributed by atoms with Gasteiger partial charge in [0, 0.05) is 6.54 Å². The van der Waals surface area contributed by atoms with E-state index in [1.165, 1.54) is 0 Å². The number of nitrogens with two attached hydrogens (primary N) is 1. The minimum absolute atomic E-state index is 0.237. The lowest BCUT2D eigenvalue weighted by atomic mass is 10.2. The highest BCUT2D eigenvalue weighted by Gasteiger charge is 2.10. The van der Waals surface area contributed by atoms with E-state index in [1.807, 2.05) is 19.2 Å². The molecule has 0 bridgehead atoms. The number of carbonyl (C=O) groups is 1. The van der Waals surface area contributed by atoms with Crippen LogP contribution in [0.15, 0.2) is 18.2 Å². The van der Waals surface area contributed by atoms with Gasteiger partial charge in [0.15, 0.2) is 0 Å². The normalized spacial score (nSPS) is 12.2. The topological polar surface area (TPSA) is 64.3 Å². The van der Waals surface area contributed by atoms with Gasteiger partial charge in [0.05, 0.1) is 17.5 Å². The molecule has 0 heterocycles. The number of ether oxygens (including phenoxy) is 1. The van der Waals surface area contributed by atoms with E-state index in [2.05, 4.69) is 5.32 Å². The van der Waals surface area contributed by atoms with Crippen LogP contribution < -0.4 is 15.8 Å². The SMILES string of the molecule is CNCc1ccc(OCC(C)C(N)=O)c(Cl)c1. The highest BCUT2D eigenvalue weighted by molar-refractivity contribution is 6.32. The van der Waals surface area contributed by atoms with Crippen molar-refractivity contribution >= 4 is 17.5 Å². The minimum atomic E-state index is -0.382. The van der Waals surface area contributed by atoms with E-state index in [-0.39, 0.29) is 18.4 Å². The van der Waals surface area contributed by atoms with Gasteiger partial charge in [-0.1, -0.05) is 24.6 Å². The molecule has 1 rings (SSSR count). The second-order valence-electron chi connectivity index (χ2n) is 3.91. The Bertz CT molecular complexity index is 396. The molecule has 1 atom stereocenters. The van der Waals surface area contributed by atoms with Gasteiger partial charge < -0.3 is 15.8 Å². The molecule has 0 fully saturated rings. The molecule has 0 aliphatic rings. The molecule has 0 aliphatic heterocycles. The lowest BCUT2D eigenvalue weighted by Crippen LogP contribution is -2.25. The molecule has 0 saturated carbocycles. The van der Waals surface area contributed by atoms with E-state index in [9.17, 15) is 4.79 Å². The van der Waals surface area contributed by atoms with Crippen molar-refractivity contribution in [2.75, 3.05) is 13.7 Å². The molecule has 0 saturated heterocycles. The first-order valence-corrected chi connectivity index (χ1v) is 5.77. The number of nitrogens with one attached hydrogen (secondary N) is 1. The molecule has 17 heavy (non-hydrogen) atoms. The quantitative estimate of drug-likeness (QED) is 0.812. The monoisotopic (exact) mass is 256 g/mol. The molecular formula is C12H17ClN2O2. The Morgan fingerprint density at radius 1 is 1.59 bits per heavy atom. The number of rotatable bonds is 6. The van der Waals surface area contributed by atoms with Crippen LogP contribution in [0.4, 0.5) is 0 Å². The largest absolute Gasteiger partial charge is 0.491 e. The second-order valence-corrected chi connectivity index (χ2v) is 4.32. The van der Waals surface area contributed by atoms with Crippen molar-refractivity contribution in [3.63, 3.8) is 0 Å². The molecule has 5 heteroatoms. The average molecular weight is 257 g/mol. The molecule has 1 aromatic carbocycles. The Hall–Kier alpha value is -1.26. The molecule has 3 N–H and O–H groups in total. The van der Waals surface area contributed by atoms with Crippen LogP contribution in [0.1, 0.15) is 12.5 Å². The van der Waals surface area contributed by atoms with Crippen LogP contribution in [0.2, 0.25) is 5.02 Å². The first kappa shape index (κ1) is 13.8. The summed E-state index contributed by atoms with van der Waals surface area (Å²) in [5.41, 5.74) is 6.22. The lowest BCUT2D eigenvalue weighted by molar-refractivity contribution is -0.122. The number of primary amides is 1. The van der Waals surface area contributed by atoms with Crippen LogP contribution >= 0.6 is 11.6 Å². The molecule has 94 valence electrons. The van der Waals surface area contributed by atoms with Crippen molar-refractivity contribution in [3.05, 3.63) is 28.8 Å². The predicted octanol–water partition coefficient (Wildman–Crippen LogP) is 1.56. The van der Waals surface area contributed by atoms with Gasteiger partial charge in [0.2, 0.25) is 5.91 Å². The summed E-state index contributed by atoms with van der Waals surface area (Å²) >= 11 is 6.06. The van der Waals surface area contributed by atoms with Crippen molar-refractivity contribution in [2.45, 2.75) is 13.5 Å². The number of hydrogen-bond acceptors (Lipinski definition) is 3. The van der Waals surface area contributed by atoms with E-state index >= 15 is 0 Å². The third-order valence-electron chi connectivity index (χ3n) is 2.35. The summed E-state index contributed by atoms with van der Waals surface area (Å²) < 4.78 is 5.44. The van der Waals surface area contributed by atoms with Crippen LogP contribution in [0.5, 0.6) is 5.75 Å². The van der Waals surface area contributed by atoms with Crippen LogP contribution in [0, 0.1) is 5.92 Å². The predicted molar refractivity (Wildman–Crippen MR) is 68.1 cm³/mol. The van der Waals surface area contributed by atoms with E-state index in [1.54, 1.807) is 13.0 Å². The summed E-state index contributed by atoms with van der Waals surface area (Å²) in [4.78, 5) is 10.8. The van der Waals surface area contributed by atoms with Crippen molar-refractivity contribution in [1.82, 2.24) is 5.32 Å². The maximum absolute atomic E-state index is 10.8. The van der Waals surface area contributed by atoms with Crippen LogP contribution in [0.3, 0.4) is 0 Å². The number of halogens is 1. The third kappa shape index (κ3) is 4.24. The highest BCUT2D eigenvalue weighted by Crippen LogP contribution is 2.25. The first-order valence-electron chi connectivity index (χ1n) is 5.39. The van der Waals surface area contributed by atoms with Gasteiger partial charge in [-0.15, -0.1) is 0 Å². The molecule has 0 aliphatic carbocycles. The summed E-state index contributed by atoms with van der Waals surface area (Å²) in [6.07, 6.45) is 0. The lowest BCUT2D eigenvalue weighted by Gasteiger charge is -2.12. The fraction of sp³-hybridized carbons (Fsp3) is 0.417. The second kappa shape index (κ2) is 6.47. The molecular weight excluding hydrogens is 240 g/mol. The molecule has 1 unspecified atom stereocenters. The zero-order valence-corrected chi connectivity index (χ0v) is 10.8. The molecule has 1 amide bonds. The summed E-state index contributed by atoms with van der Waals surface area (Å²) in [5, 5.41) is 3.57. The fourth-order valence-electron chi connectivity index (χ4n) is 1.27. The van der Waals surface area contributed by atoms with Gasteiger partial charge in [0.25, 0.3) is 0 Å². The zero-order chi connectivity index (χ0) is 12.8. The van der Waals surface area contributed by atoms with E-state index in [4.69, 9.17) is 22.1 Å². The maximum atomic E-state index is 10.8. The van der Waals surface area contributed by atoms with Gasteiger partial charge in [-0.05, 0) is 24.7 Å². The summed E-state index contributed by atoms with van der Waals surface area (Å²) in [6, 6.07) is 5.55. The Morgan fingerprint density at radius 3 is 2.82 bits per heavy atom. The van der Waals surface area contributed by atoms with Crippen LogP contribution in [0.25, 0.3) is 0 Å². The molecule has 0 radical (unpaired) electrons. The molecule has 0 aromatic heterocycles. The average Bonchev–Trinajstić information content (AvgIpc) is 2.27. The number of benzene rings is 1. The van der Waals surface area contributed by atoms with Crippen LogP contribution in [-0.2, 0) is 11.3 Å². The molecule has 0 spiro atoms. The Kier molecular flexibility index (Phi) is 5.25. The molecule has 4 nitrogen and oxygen atoms in total. The number of carbonyl (C=O) groups excluding carboxylic acids is 1. The van der Waals surface area contributed by atoms with Crippen molar-refractivity contribution in [3.8, 4) is 5.75 Å². The summed E-state index contributed by atoms with van der Waals surface area (Å²) in [5.74, 6) is -0.143. The van der Waals surface area contributed by atoms with E-state index in [0.717, 1.165) is 12.1 Å². The van der Waals surface area contributed by atoms with Crippen molar-refractivity contribution in [1.29, 1.82) is 0 Å². The highest BCUT2D eigenvalue weighted by atomic mass is 35.5. The van der Waals surface area contributed by atoms with E-state index in [0.29, 0.717) is 10.8 Å². The molecule has 1 aromatic rings. The number of hydrogen-bond donors (Lipinski definition) is 2. The minimum Gasteiger partial charge on any atom is -0.491 e. The van der Waals surface area contributed by atoms with E-state index < -0.39 is 0 Å². The van der Waals surface area contributed by atoms with Gasteiger partial charge in [-0.25, -0.2) is 0 Å². The summed E-state index contributed by atoms with van der Waals surface area (Å²) in [6.45, 7) is 2.70. The van der Waals surface area contributed by atoms with Gasteiger partial charge >= 0.3 is 0 Å². The zero-order valence-electron chi connectivity index (χ0n) is 10.00. The Labute approximate surface area is 106 Å². The number of amides is 1. The van der Waals surface area contributed by atoms with Gasteiger partial charge in [-0.3, -0.25) is 4.79 Å². The standard InChI is InChI=1S/C12H17ClN2O2/c1-8(12(14)16)7-17-11-4-3-9(6-15-2)5-10(11)13/h3-5,8,15H,6-7H2,1-2H3,(H2,14,16). The summed E-state index contributed by atoms with van der Waals surface area (Å²) in [7, 11) is 1.87. The van der Waals surface area contributed by atoms with Crippen molar-refractivity contribution in [2.24, 2.45) is 11.7 Å². The fourth-order valence-corrected chi connectivity index (χ4v) is 1.53. The maximum Gasteiger partial charge on any atom is 0.223 e. The first-order chi connectivity index (χ1) is 8.04. The smallest absolute Gasteiger partial charge is 0.223 e. The van der Waals surface area contributed by atoms with Gasteiger partial charge in [0.1, 0.15) is 5.75 Å². The Morgan fingerprint density at radius 2 is 2.29 bits per heavy atom.